The van der Waals surface area contributed by atoms with E-state index in [2.05, 4.69) is 42.0 Å². The molecule has 0 amide bonds. The Morgan fingerprint density at radius 3 is 2.47 bits per heavy atom. The summed E-state index contributed by atoms with van der Waals surface area (Å²) in [5.74, 6) is 4.43. The van der Waals surface area contributed by atoms with Gasteiger partial charge < -0.3 is 25.0 Å². The standard InChI is InChI=1S/C20H27N3O2.C2H6O.H3NO/c1-13-8-20(13,12-21)23-17(11-24)7-15-6-16(10-22-18(15)23)14-4-5-25-19(2,3)9-14;1-3-2;1-2/h6-7,10-11,13-14H,4-5,8-9,12,21H2,1-3H3;1-2H3;2H,1H2. The number of aromatic nitrogens is 2. The van der Waals surface area contributed by atoms with Gasteiger partial charge in [0.2, 0.25) is 0 Å². The number of hydrogen-bond donors (Lipinski definition) is 3. The Balaban J connectivity index is 0.000000590. The second kappa shape index (κ2) is 9.98. The van der Waals surface area contributed by atoms with Gasteiger partial charge in [-0.05, 0) is 62.6 Å². The van der Waals surface area contributed by atoms with Crippen LogP contribution in [0.1, 0.15) is 62.0 Å². The fraction of sp³-hybridized carbons (Fsp3) is 0.636. The first kappa shape index (κ1) is 24.4. The van der Waals surface area contributed by atoms with Crippen LogP contribution in [0, 0.1) is 5.92 Å². The summed E-state index contributed by atoms with van der Waals surface area (Å²) in [6.45, 7) is 7.80. The Labute approximate surface area is 178 Å². The highest BCUT2D eigenvalue weighted by atomic mass is 16.5. The molecular formula is C22H36N4O4. The average molecular weight is 421 g/mol. The lowest BCUT2D eigenvalue weighted by Crippen LogP contribution is -2.33. The van der Waals surface area contributed by atoms with E-state index in [1.54, 1.807) is 14.2 Å². The third kappa shape index (κ3) is 4.73. The number of nitrogens with two attached hydrogens (primary N) is 2. The largest absolute Gasteiger partial charge is 0.388 e. The molecule has 1 aliphatic carbocycles. The van der Waals surface area contributed by atoms with Gasteiger partial charge in [0, 0.05) is 39.0 Å². The zero-order valence-corrected chi connectivity index (χ0v) is 18.7. The Morgan fingerprint density at radius 2 is 1.97 bits per heavy atom. The maximum atomic E-state index is 11.7. The molecule has 3 heterocycles. The van der Waals surface area contributed by atoms with E-state index in [4.69, 9.17) is 20.7 Å². The molecule has 8 heteroatoms. The topological polar surface area (TPSA) is 126 Å². The van der Waals surface area contributed by atoms with Gasteiger partial charge in [-0.15, -0.1) is 0 Å². The molecule has 3 unspecified atom stereocenters. The quantitative estimate of drug-likeness (QED) is 0.513. The number of nitrogens with zero attached hydrogens (tertiary/aromatic N) is 2. The highest BCUT2D eigenvalue weighted by molar-refractivity contribution is 5.87. The van der Waals surface area contributed by atoms with Crippen molar-refractivity contribution in [2.24, 2.45) is 17.5 Å². The predicted octanol–water partition coefficient (Wildman–Crippen LogP) is 2.81. The highest BCUT2D eigenvalue weighted by Gasteiger charge is 2.53. The van der Waals surface area contributed by atoms with Crippen LogP contribution < -0.4 is 11.6 Å². The molecule has 2 aliphatic rings. The zero-order chi connectivity index (χ0) is 22.5. The molecule has 30 heavy (non-hydrogen) atoms. The maximum absolute atomic E-state index is 11.7. The fourth-order valence-electron chi connectivity index (χ4n) is 4.58. The molecule has 0 aromatic carbocycles. The molecule has 0 radical (unpaired) electrons. The molecule has 8 nitrogen and oxygen atoms in total. The van der Waals surface area contributed by atoms with Crippen LogP contribution in [0.5, 0.6) is 0 Å². The molecule has 168 valence electrons. The van der Waals surface area contributed by atoms with E-state index in [-0.39, 0.29) is 11.1 Å². The van der Waals surface area contributed by atoms with Crippen molar-refractivity contribution in [2.75, 3.05) is 27.4 Å². The minimum atomic E-state index is -0.146. The van der Waals surface area contributed by atoms with Gasteiger partial charge >= 0.3 is 0 Å². The lowest BCUT2D eigenvalue weighted by atomic mass is 9.84. The summed E-state index contributed by atoms with van der Waals surface area (Å²) in [5.41, 5.74) is 8.63. The number of fused-ring (bicyclic) bond motifs is 1. The first-order valence-corrected chi connectivity index (χ1v) is 10.3. The van der Waals surface area contributed by atoms with Crippen LogP contribution in [0.2, 0.25) is 0 Å². The molecule has 0 bridgehead atoms. The van der Waals surface area contributed by atoms with Crippen molar-refractivity contribution in [2.45, 2.75) is 57.1 Å². The SMILES string of the molecule is CC1CC1(CN)n1c(C=O)cc2cc(C3CCOC(C)(C)C3)cnc21.COC.NO. The minimum absolute atomic E-state index is 0.0924. The van der Waals surface area contributed by atoms with Gasteiger partial charge in [0.15, 0.2) is 6.29 Å². The van der Waals surface area contributed by atoms with E-state index in [0.717, 1.165) is 43.2 Å². The van der Waals surface area contributed by atoms with E-state index in [1.165, 1.54) is 5.56 Å². The van der Waals surface area contributed by atoms with Crippen LogP contribution in [0.4, 0.5) is 0 Å². The molecule has 2 fully saturated rings. The number of ether oxygens (including phenoxy) is 2. The number of pyridine rings is 1. The van der Waals surface area contributed by atoms with Crippen molar-refractivity contribution in [1.29, 1.82) is 0 Å². The summed E-state index contributed by atoms with van der Waals surface area (Å²) in [4.78, 5) is 16.4. The maximum Gasteiger partial charge on any atom is 0.166 e. The Bertz CT molecular complexity index is 847. The molecule has 1 saturated carbocycles. The third-order valence-electron chi connectivity index (χ3n) is 6.19. The first-order chi connectivity index (χ1) is 14.3. The third-order valence-corrected chi connectivity index (χ3v) is 6.19. The summed E-state index contributed by atoms with van der Waals surface area (Å²) in [6.07, 6.45) is 5.93. The molecule has 4 rings (SSSR count). The molecule has 1 aliphatic heterocycles. The molecule has 2 aromatic heterocycles. The van der Waals surface area contributed by atoms with Crippen molar-refractivity contribution in [3.05, 3.63) is 29.6 Å². The summed E-state index contributed by atoms with van der Waals surface area (Å²) >= 11 is 0. The monoisotopic (exact) mass is 420 g/mol. The van der Waals surface area contributed by atoms with Gasteiger partial charge in [-0.1, -0.05) is 6.92 Å². The lowest BCUT2D eigenvalue weighted by molar-refractivity contribution is -0.0593. The highest BCUT2D eigenvalue weighted by Crippen LogP contribution is 2.51. The normalized spacial score (nSPS) is 26.8. The van der Waals surface area contributed by atoms with Crippen molar-refractivity contribution in [1.82, 2.24) is 9.55 Å². The predicted molar refractivity (Wildman–Crippen MR) is 117 cm³/mol. The second-order valence-electron chi connectivity index (χ2n) is 8.82. The number of hydrogen-bond acceptors (Lipinski definition) is 7. The van der Waals surface area contributed by atoms with Crippen molar-refractivity contribution in [3.8, 4) is 0 Å². The second-order valence-corrected chi connectivity index (χ2v) is 8.82. The number of aldehydes is 1. The van der Waals surface area contributed by atoms with E-state index in [0.29, 0.717) is 24.1 Å². The van der Waals surface area contributed by atoms with Gasteiger partial charge in [0.1, 0.15) is 5.65 Å². The van der Waals surface area contributed by atoms with Gasteiger partial charge in [-0.2, -0.15) is 0 Å². The van der Waals surface area contributed by atoms with E-state index in [1.807, 2.05) is 12.3 Å². The molecule has 1 saturated heterocycles. The Morgan fingerprint density at radius 1 is 1.33 bits per heavy atom. The summed E-state index contributed by atoms with van der Waals surface area (Å²) in [6, 6.07) is 4.17. The first-order valence-electron chi connectivity index (χ1n) is 10.3. The molecular weight excluding hydrogens is 384 g/mol. The molecule has 5 N–H and O–H groups in total. The van der Waals surface area contributed by atoms with Gasteiger partial charge in [-0.3, -0.25) is 4.79 Å². The molecule has 2 aromatic rings. The fourth-order valence-corrected chi connectivity index (χ4v) is 4.58. The van der Waals surface area contributed by atoms with Crippen LogP contribution >= 0.6 is 0 Å². The zero-order valence-electron chi connectivity index (χ0n) is 18.7. The van der Waals surface area contributed by atoms with Crippen molar-refractivity contribution in [3.63, 3.8) is 0 Å². The van der Waals surface area contributed by atoms with Crippen LogP contribution in [-0.4, -0.2) is 54.0 Å². The summed E-state index contributed by atoms with van der Waals surface area (Å²) in [5, 5.41) is 7.54. The number of rotatable bonds is 4. The van der Waals surface area contributed by atoms with E-state index in [9.17, 15) is 4.79 Å². The van der Waals surface area contributed by atoms with Crippen molar-refractivity contribution >= 4 is 17.3 Å². The summed E-state index contributed by atoms with van der Waals surface area (Å²) < 4.78 is 12.2. The number of carbonyl (C=O) groups is 1. The van der Waals surface area contributed by atoms with Crippen molar-refractivity contribution < 1.29 is 19.5 Å². The minimum Gasteiger partial charge on any atom is -0.388 e. The van der Waals surface area contributed by atoms with E-state index >= 15 is 0 Å². The van der Waals surface area contributed by atoms with Crippen LogP contribution in [0.3, 0.4) is 0 Å². The van der Waals surface area contributed by atoms with Gasteiger partial charge in [0.05, 0.1) is 16.8 Å². The van der Waals surface area contributed by atoms with Crippen LogP contribution in [-0.2, 0) is 15.0 Å². The van der Waals surface area contributed by atoms with Gasteiger partial charge in [0.25, 0.3) is 0 Å². The Hall–Kier alpha value is -1.84. The average Bonchev–Trinajstić information content (AvgIpc) is 3.24. The lowest BCUT2D eigenvalue weighted by Gasteiger charge is -2.35. The summed E-state index contributed by atoms with van der Waals surface area (Å²) in [7, 11) is 3.25. The molecule has 0 spiro atoms. The molecule has 3 atom stereocenters. The smallest absolute Gasteiger partial charge is 0.166 e. The van der Waals surface area contributed by atoms with Crippen LogP contribution in [0.15, 0.2) is 18.3 Å². The van der Waals surface area contributed by atoms with Crippen LogP contribution in [0.25, 0.3) is 11.0 Å². The van der Waals surface area contributed by atoms with E-state index < -0.39 is 0 Å². The van der Waals surface area contributed by atoms with Gasteiger partial charge in [-0.25, -0.2) is 10.9 Å². The Kier molecular flexibility index (Phi) is 8.13. The number of carbonyl (C=O) groups excluding carboxylic acids is 1. The number of methoxy groups -OCH3 is 1.